The van der Waals surface area contributed by atoms with E-state index < -0.39 is 4.92 Å². The van der Waals surface area contributed by atoms with E-state index in [9.17, 15) is 14.9 Å². The number of nitro groups is 1. The van der Waals surface area contributed by atoms with Crippen molar-refractivity contribution >= 4 is 28.9 Å². The van der Waals surface area contributed by atoms with Gasteiger partial charge in [-0.25, -0.2) is 4.63 Å². The van der Waals surface area contributed by atoms with Crippen molar-refractivity contribution in [3.63, 3.8) is 0 Å². The highest BCUT2D eigenvalue weighted by molar-refractivity contribution is 5.90. The number of non-ortho nitro benzene ring substituents is 1. The number of carbonyl (C=O) groups excluding carboxylic acids is 1. The van der Waals surface area contributed by atoms with Gasteiger partial charge in [0.15, 0.2) is 0 Å². The lowest BCUT2D eigenvalue weighted by atomic mass is 10.3. The second-order valence-corrected chi connectivity index (χ2v) is 3.70. The normalized spacial score (nSPS) is 9.85. The molecule has 10 heteroatoms. The lowest BCUT2D eigenvalue weighted by Gasteiger charge is -2.07. The predicted octanol–water partition coefficient (Wildman–Crippen LogP) is 1.38. The van der Waals surface area contributed by atoms with Crippen molar-refractivity contribution in [1.82, 2.24) is 10.3 Å². The number of amides is 1. The summed E-state index contributed by atoms with van der Waals surface area (Å²) in [5, 5.41) is 20.0. The summed E-state index contributed by atoms with van der Waals surface area (Å²) in [6.07, 6.45) is 0. The fourth-order valence-electron chi connectivity index (χ4n) is 1.32. The molecule has 2 aromatic rings. The van der Waals surface area contributed by atoms with Gasteiger partial charge in [0.1, 0.15) is 0 Å². The van der Waals surface area contributed by atoms with E-state index >= 15 is 0 Å². The number of nitrogens with zero attached hydrogens (tertiary/aromatic N) is 3. The molecule has 0 unspecified atom stereocenters. The van der Waals surface area contributed by atoms with Crippen molar-refractivity contribution in [2.45, 2.75) is 6.92 Å². The third-order valence-electron chi connectivity index (χ3n) is 2.19. The Morgan fingerprint density at radius 2 is 1.85 bits per heavy atom. The fraction of sp³-hybridized carbons (Fsp3) is 0.100. The first-order valence-corrected chi connectivity index (χ1v) is 5.43. The lowest BCUT2D eigenvalue weighted by molar-refractivity contribution is -0.384. The monoisotopic (exact) mass is 278 g/mol. The van der Waals surface area contributed by atoms with E-state index in [0.29, 0.717) is 5.69 Å². The zero-order valence-electron chi connectivity index (χ0n) is 10.3. The van der Waals surface area contributed by atoms with Crippen LogP contribution in [-0.4, -0.2) is 21.1 Å². The summed E-state index contributed by atoms with van der Waals surface area (Å²) >= 11 is 0. The molecule has 0 aliphatic rings. The molecule has 0 aliphatic carbocycles. The maximum absolute atomic E-state index is 10.9. The molecule has 104 valence electrons. The molecule has 0 spiro atoms. The molecular weight excluding hydrogens is 268 g/mol. The summed E-state index contributed by atoms with van der Waals surface area (Å²) in [6.45, 7) is 1.32. The number of anilines is 3. The van der Waals surface area contributed by atoms with Crippen LogP contribution in [0.25, 0.3) is 0 Å². The summed E-state index contributed by atoms with van der Waals surface area (Å²) in [5.74, 6) is -0.00968. The molecule has 10 nitrogen and oxygen atoms in total. The molecule has 0 radical (unpaired) electrons. The van der Waals surface area contributed by atoms with Gasteiger partial charge in [-0.3, -0.25) is 25.8 Å². The first-order valence-electron chi connectivity index (χ1n) is 5.43. The number of rotatable bonds is 5. The molecule has 0 saturated heterocycles. The van der Waals surface area contributed by atoms with E-state index in [0.717, 1.165) is 0 Å². The van der Waals surface area contributed by atoms with Gasteiger partial charge in [0, 0.05) is 19.1 Å². The van der Waals surface area contributed by atoms with Gasteiger partial charge >= 0.3 is 0 Å². The van der Waals surface area contributed by atoms with E-state index in [1.54, 1.807) is 0 Å². The Labute approximate surface area is 112 Å². The second kappa shape index (κ2) is 5.65. The van der Waals surface area contributed by atoms with Crippen molar-refractivity contribution < 1.29 is 14.3 Å². The minimum absolute atomic E-state index is 0.0161. The van der Waals surface area contributed by atoms with Gasteiger partial charge in [0.2, 0.25) is 17.5 Å². The van der Waals surface area contributed by atoms with Gasteiger partial charge in [-0.2, -0.15) is 0 Å². The SMILES string of the molecule is CC(=O)Nc1nonc1NNc1ccc([N+](=O)[O-])cc1. The zero-order chi connectivity index (χ0) is 14.5. The molecule has 0 aliphatic heterocycles. The quantitative estimate of drug-likeness (QED) is 0.551. The summed E-state index contributed by atoms with van der Waals surface area (Å²) in [4.78, 5) is 20.9. The Hall–Kier alpha value is -3.17. The number of benzene rings is 1. The van der Waals surface area contributed by atoms with Gasteiger partial charge in [-0.15, -0.1) is 0 Å². The maximum Gasteiger partial charge on any atom is 0.269 e. The van der Waals surface area contributed by atoms with Crippen LogP contribution >= 0.6 is 0 Å². The highest BCUT2D eigenvalue weighted by Crippen LogP contribution is 2.18. The number of hydrazine groups is 1. The third-order valence-corrected chi connectivity index (χ3v) is 2.19. The molecule has 1 heterocycles. The first-order chi connectivity index (χ1) is 9.56. The van der Waals surface area contributed by atoms with E-state index in [1.807, 2.05) is 0 Å². The van der Waals surface area contributed by atoms with E-state index in [1.165, 1.54) is 31.2 Å². The number of nitrogens with one attached hydrogen (secondary N) is 3. The molecule has 0 atom stereocenters. The summed E-state index contributed by atoms with van der Waals surface area (Å²) in [7, 11) is 0. The molecule has 0 bridgehead atoms. The Balaban J connectivity index is 2.00. The minimum atomic E-state index is -0.492. The molecule has 1 aromatic carbocycles. The van der Waals surface area contributed by atoms with Crippen LogP contribution in [0.3, 0.4) is 0 Å². The molecular formula is C10H10N6O4. The lowest BCUT2D eigenvalue weighted by Crippen LogP contribution is -2.13. The average Bonchev–Trinajstić information content (AvgIpc) is 2.83. The summed E-state index contributed by atoms with van der Waals surface area (Å²) < 4.78 is 4.48. The molecule has 1 aromatic heterocycles. The molecule has 3 N–H and O–H groups in total. The first kappa shape index (κ1) is 13.3. The van der Waals surface area contributed by atoms with E-state index in [2.05, 4.69) is 31.1 Å². The van der Waals surface area contributed by atoms with Crippen molar-refractivity contribution in [2.75, 3.05) is 16.2 Å². The molecule has 0 saturated carbocycles. The van der Waals surface area contributed by atoms with Gasteiger partial charge < -0.3 is 5.32 Å². The summed E-state index contributed by atoms with van der Waals surface area (Å²) in [5.41, 5.74) is 5.95. The van der Waals surface area contributed by atoms with Gasteiger partial charge in [-0.1, -0.05) is 0 Å². The topological polar surface area (TPSA) is 135 Å². The van der Waals surface area contributed by atoms with Crippen LogP contribution in [0.4, 0.5) is 23.0 Å². The number of hydrogen-bond donors (Lipinski definition) is 3. The van der Waals surface area contributed by atoms with Crippen LogP contribution in [-0.2, 0) is 4.79 Å². The number of nitro benzene ring substituents is 1. The zero-order valence-corrected chi connectivity index (χ0v) is 10.3. The minimum Gasteiger partial charge on any atom is -0.305 e. The Morgan fingerprint density at radius 1 is 1.20 bits per heavy atom. The highest BCUT2D eigenvalue weighted by Gasteiger charge is 2.11. The van der Waals surface area contributed by atoms with Crippen LogP contribution in [0.5, 0.6) is 0 Å². The van der Waals surface area contributed by atoms with Crippen molar-refractivity contribution in [1.29, 1.82) is 0 Å². The molecule has 20 heavy (non-hydrogen) atoms. The molecule has 1 amide bonds. The van der Waals surface area contributed by atoms with E-state index in [4.69, 9.17) is 0 Å². The average molecular weight is 278 g/mol. The second-order valence-electron chi connectivity index (χ2n) is 3.70. The number of aromatic nitrogens is 2. The third kappa shape index (κ3) is 3.19. The Morgan fingerprint density at radius 3 is 2.45 bits per heavy atom. The largest absolute Gasteiger partial charge is 0.305 e. The maximum atomic E-state index is 10.9. The Bertz CT molecular complexity index is 623. The summed E-state index contributed by atoms with van der Waals surface area (Å²) in [6, 6.07) is 5.72. The fourth-order valence-corrected chi connectivity index (χ4v) is 1.32. The van der Waals surface area contributed by atoms with Crippen molar-refractivity contribution in [3.05, 3.63) is 34.4 Å². The van der Waals surface area contributed by atoms with Gasteiger partial charge in [0.25, 0.3) is 5.69 Å². The number of hydrogen-bond acceptors (Lipinski definition) is 8. The van der Waals surface area contributed by atoms with E-state index in [-0.39, 0.29) is 23.2 Å². The Kier molecular flexibility index (Phi) is 3.75. The highest BCUT2D eigenvalue weighted by atomic mass is 16.6. The molecule has 2 rings (SSSR count). The van der Waals surface area contributed by atoms with Crippen molar-refractivity contribution in [2.24, 2.45) is 0 Å². The van der Waals surface area contributed by atoms with Crippen LogP contribution < -0.4 is 16.2 Å². The predicted molar refractivity (Wildman–Crippen MR) is 68.9 cm³/mol. The van der Waals surface area contributed by atoms with Crippen LogP contribution in [0.1, 0.15) is 6.92 Å². The van der Waals surface area contributed by atoms with Crippen LogP contribution in [0.15, 0.2) is 28.9 Å². The standard InChI is InChI=1S/C10H10N6O4/c1-6(17)11-9-10(15-20-14-9)13-12-7-2-4-8(5-3-7)16(18)19/h2-5,12H,1H3,(H,13,15)(H,11,14,17). The smallest absolute Gasteiger partial charge is 0.269 e. The van der Waals surface area contributed by atoms with Crippen molar-refractivity contribution in [3.8, 4) is 0 Å². The number of carbonyl (C=O) groups is 1. The van der Waals surface area contributed by atoms with Gasteiger partial charge in [-0.05, 0) is 22.4 Å². The van der Waals surface area contributed by atoms with Gasteiger partial charge in [0.05, 0.1) is 10.6 Å². The molecule has 0 fully saturated rings. The van der Waals surface area contributed by atoms with Crippen LogP contribution in [0.2, 0.25) is 0 Å². The van der Waals surface area contributed by atoms with Crippen LogP contribution in [0, 0.1) is 10.1 Å².